The highest BCUT2D eigenvalue weighted by atomic mass is 32.2. The minimum atomic E-state index is -3.78. The SMILES string of the molecule is O=C(Nc1c2c(cc3c1CCC3)CCC2)NS(=O)(=NC(c1ccccc1)(c1ccccc1)c1ccccc1)c1cnn2c1OCC1(CC1)C2. The van der Waals surface area contributed by atoms with Gasteiger partial charge in [-0.1, -0.05) is 97.1 Å². The first-order valence-electron chi connectivity index (χ1n) is 17.4. The molecule has 3 aliphatic carbocycles. The molecule has 0 bridgehead atoms. The van der Waals surface area contributed by atoms with Crippen molar-refractivity contribution in [3.05, 3.63) is 142 Å². The summed E-state index contributed by atoms with van der Waals surface area (Å²) in [6.07, 6.45) is 9.73. The summed E-state index contributed by atoms with van der Waals surface area (Å²) in [5.74, 6) is 0.399. The number of carbonyl (C=O) groups excluding carboxylic acids is 1. The molecule has 4 aliphatic rings. The van der Waals surface area contributed by atoms with Crippen LogP contribution in [0.5, 0.6) is 5.88 Å². The Balaban J connectivity index is 1.25. The predicted molar refractivity (Wildman–Crippen MR) is 190 cm³/mol. The molecule has 2 N–H and O–H groups in total. The Morgan fingerprint density at radius 3 is 1.90 bits per heavy atom. The van der Waals surface area contributed by atoms with Gasteiger partial charge in [-0.3, -0.25) is 0 Å². The molecule has 1 saturated carbocycles. The molecule has 0 saturated heterocycles. The van der Waals surface area contributed by atoms with Gasteiger partial charge in [-0.25, -0.2) is 18.4 Å². The molecule has 2 heterocycles. The van der Waals surface area contributed by atoms with E-state index >= 15 is 4.21 Å². The zero-order valence-electron chi connectivity index (χ0n) is 27.4. The number of nitrogens with one attached hydrogen (secondary N) is 2. The van der Waals surface area contributed by atoms with E-state index in [1.807, 2.05) is 91.0 Å². The summed E-state index contributed by atoms with van der Waals surface area (Å²) < 4.78 is 32.5. The number of urea groups is 1. The van der Waals surface area contributed by atoms with E-state index in [2.05, 4.69) is 21.2 Å². The Morgan fingerprint density at radius 1 is 0.816 bits per heavy atom. The van der Waals surface area contributed by atoms with Gasteiger partial charge in [0.15, 0.2) is 9.92 Å². The number of rotatable bonds is 7. The number of ether oxygens (including phenoxy) is 1. The first-order chi connectivity index (χ1) is 24.0. The van der Waals surface area contributed by atoms with E-state index in [1.54, 1.807) is 10.9 Å². The lowest BCUT2D eigenvalue weighted by Gasteiger charge is -2.33. The van der Waals surface area contributed by atoms with E-state index in [1.165, 1.54) is 22.3 Å². The van der Waals surface area contributed by atoms with Gasteiger partial charge in [0, 0.05) is 11.1 Å². The number of amides is 2. The van der Waals surface area contributed by atoms with Crippen LogP contribution in [0.15, 0.2) is 113 Å². The molecule has 4 aromatic carbocycles. The lowest BCUT2D eigenvalue weighted by Crippen LogP contribution is -2.38. The minimum absolute atomic E-state index is 0.0784. The number of anilines is 1. The molecule has 0 radical (unpaired) electrons. The van der Waals surface area contributed by atoms with Crippen molar-refractivity contribution in [3.8, 4) is 5.88 Å². The topological polar surface area (TPSA) is 97.6 Å². The van der Waals surface area contributed by atoms with Crippen molar-refractivity contribution in [2.24, 2.45) is 9.78 Å². The Bertz CT molecular complexity index is 2060. The van der Waals surface area contributed by atoms with Crippen molar-refractivity contribution in [2.45, 2.75) is 68.3 Å². The third kappa shape index (κ3) is 5.14. The second kappa shape index (κ2) is 11.6. The predicted octanol–water partition coefficient (Wildman–Crippen LogP) is 7.59. The van der Waals surface area contributed by atoms with Gasteiger partial charge in [0.1, 0.15) is 10.4 Å². The van der Waals surface area contributed by atoms with Gasteiger partial charge in [-0.15, -0.1) is 0 Å². The molecule has 2 amide bonds. The molecule has 8 nitrogen and oxygen atoms in total. The molecule has 1 spiro atoms. The van der Waals surface area contributed by atoms with Gasteiger partial charge >= 0.3 is 6.03 Å². The van der Waals surface area contributed by atoms with Crippen molar-refractivity contribution in [3.63, 3.8) is 0 Å². The molecule has 1 unspecified atom stereocenters. The maximum absolute atomic E-state index is 16.0. The van der Waals surface area contributed by atoms with Crippen LogP contribution in [0.2, 0.25) is 0 Å². The molecule has 1 aliphatic heterocycles. The normalized spacial score (nSPS) is 18.0. The molecule has 1 fully saturated rings. The molecule has 1 aromatic heterocycles. The Kier molecular flexibility index (Phi) is 7.16. The molecule has 49 heavy (non-hydrogen) atoms. The zero-order chi connectivity index (χ0) is 33.1. The van der Waals surface area contributed by atoms with Crippen LogP contribution in [0.3, 0.4) is 0 Å². The van der Waals surface area contributed by atoms with E-state index in [0.29, 0.717) is 19.0 Å². The molecule has 1 atom stereocenters. The van der Waals surface area contributed by atoms with Crippen LogP contribution in [-0.4, -0.2) is 26.6 Å². The van der Waals surface area contributed by atoms with Crippen LogP contribution < -0.4 is 14.8 Å². The largest absolute Gasteiger partial charge is 0.476 e. The summed E-state index contributed by atoms with van der Waals surface area (Å²) in [5, 5.41) is 7.88. The van der Waals surface area contributed by atoms with Crippen LogP contribution >= 0.6 is 0 Å². The van der Waals surface area contributed by atoms with Gasteiger partial charge in [0.25, 0.3) is 0 Å². The second-order valence-electron chi connectivity index (χ2n) is 14.0. The number of hydrogen-bond donors (Lipinski definition) is 2. The summed E-state index contributed by atoms with van der Waals surface area (Å²) in [6.45, 7) is 1.21. The van der Waals surface area contributed by atoms with Gasteiger partial charge in [0.2, 0.25) is 5.88 Å². The number of benzene rings is 4. The summed E-state index contributed by atoms with van der Waals surface area (Å²) >= 11 is 0. The van der Waals surface area contributed by atoms with Crippen LogP contribution in [-0.2, 0) is 47.7 Å². The average Bonchev–Trinajstić information content (AvgIpc) is 3.50. The van der Waals surface area contributed by atoms with E-state index in [0.717, 1.165) is 73.7 Å². The highest BCUT2D eigenvalue weighted by Gasteiger charge is 2.48. The average molecular weight is 670 g/mol. The molecule has 9 heteroatoms. The van der Waals surface area contributed by atoms with Crippen LogP contribution in [0.4, 0.5) is 10.5 Å². The van der Waals surface area contributed by atoms with Crippen molar-refractivity contribution >= 4 is 21.6 Å². The van der Waals surface area contributed by atoms with Gasteiger partial charge in [-0.2, -0.15) is 9.46 Å². The lowest BCUT2D eigenvalue weighted by molar-refractivity contribution is 0.144. The maximum Gasteiger partial charge on any atom is 0.331 e. The third-order valence-electron chi connectivity index (χ3n) is 10.8. The number of fused-ring (bicyclic) bond motifs is 3. The van der Waals surface area contributed by atoms with Gasteiger partial charge in [-0.05, 0) is 90.3 Å². The fourth-order valence-electron chi connectivity index (χ4n) is 8.12. The quantitative estimate of drug-likeness (QED) is 0.175. The van der Waals surface area contributed by atoms with Crippen molar-refractivity contribution in [2.75, 3.05) is 11.9 Å². The first-order valence-corrected chi connectivity index (χ1v) is 18.9. The Hall–Kier alpha value is -4.89. The molecular weight excluding hydrogens is 631 g/mol. The van der Waals surface area contributed by atoms with E-state index in [4.69, 9.17) is 9.10 Å². The second-order valence-corrected chi connectivity index (χ2v) is 15.9. The minimum Gasteiger partial charge on any atom is -0.476 e. The van der Waals surface area contributed by atoms with Crippen molar-refractivity contribution < 1.29 is 13.7 Å². The summed E-state index contributed by atoms with van der Waals surface area (Å²) in [6, 6.07) is 31.4. The van der Waals surface area contributed by atoms with Crippen LogP contribution in [0.1, 0.15) is 64.6 Å². The molecule has 248 valence electrons. The van der Waals surface area contributed by atoms with Crippen molar-refractivity contribution in [1.82, 2.24) is 14.5 Å². The Labute approximate surface area is 287 Å². The van der Waals surface area contributed by atoms with Gasteiger partial charge in [0.05, 0.1) is 19.3 Å². The monoisotopic (exact) mass is 669 g/mol. The molecule has 5 aromatic rings. The van der Waals surface area contributed by atoms with Crippen molar-refractivity contribution in [1.29, 1.82) is 0 Å². The molecule has 9 rings (SSSR count). The highest BCUT2D eigenvalue weighted by molar-refractivity contribution is 7.92. The zero-order valence-corrected chi connectivity index (χ0v) is 28.2. The number of hydrogen-bond acceptors (Lipinski definition) is 5. The number of aryl methyl sites for hydroxylation is 2. The molecular formula is C40H39N5O3S. The van der Waals surface area contributed by atoms with E-state index < -0.39 is 21.5 Å². The maximum atomic E-state index is 16.0. The number of nitrogens with zero attached hydrogens (tertiary/aromatic N) is 3. The number of aromatic nitrogens is 2. The first kappa shape index (κ1) is 30.2. The van der Waals surface area contributed by atoms with Crippen LogP contribution in [0, 0.1) is 5.41 Å². The summed E-state index contributed by atoms with van der Waals surface area (Å²) in [7, 11) is -3.78. The fourth-order valence-corrected chi connectivity index (χ4v) is 9.97. The number of carbonyl (C=O) groups is 1. The standard InChI is InChI=1S/C40H39N5O3S/c46-38(42-36-33-20-10-12-28(33)24-29-13-11-21-34(29)36)43-49(47,35-25-41-45-26-39(22-23-39)27-48-37(35)45)44-40(30-14-4-1-5-15-30,31-16-6-2-7-17-31)32-18-8-3-9-19-32/h1-9,14-19,24-25H,10-13,20-23,26-27H2,(H2,42,43,44,46,47). The summed E-state index contributed by atoms with van der Waals surface area (Å²) in [5.41, 5.74) is 7.18. The summed E-state index contributed by atoms with van der Waals surface area (Å²) in [4.78, 5) is 14.6. The Morgan fingerprint density at radius 2 is 1.37 bits per heavy atom. The lowest BCUT2D eigenvalue weighted by atomic mass is 9.78. The fraction of sp³-hybridized carbons (Fsp3) is 0.300. The highest BCUT2D eigenvalue weighted by Crippen LogP contribution is 2.51. The van der Waals surface area contributed by atoms with E-state index in [9.17, 15) is 4.79 Å². The third-order valence-corrected chi connectivity index (χ3v) is 12.7. The van der Waals surface area contributed by atoms with Gasteiger partial charge < -0.3 is 10.1 Å². The van der Waals surface area contributed by atoms with Crippen LogP contribution in [0.25, 0.3) is 0 Å². The smallest absolute Gasteiger partial charge is 0.331 e. The van der Waals surface area contributed by atoms with E-state index in [-0.39, 0.29) is 10.3 Å².